The van der Waals surface area contributed by atoms with Gasteiger partial charge in [0.2, 0.25) is 5.91 Å². The number of nitrogens with one attached hydrogen (secondary N) is 1. The highest BCUT2D eigenvalue weighted by molar-refractivity contribution is 5.75. The Labute approximate surface area is 143 Å². The molecule has 134 valence electrons. The van der Waals surface area contributed by atoms with E-state index in [1.165, 1.54) is 6.07 Å². The summed E-state index contributed by atoms with van der Waals surface area (Å²) in [5, 5.41) is 2.65. The van der Waals surface area contributed by atoms with E-state index in [9.17, 15) is 9.18 Å². The van der Waals surface area contributed by atoms with Crippen molar-refractivity contribution in [2.75, 3.05) is 34.4 Å². The average molecular weight is 338 g/mol. The summed E-state index contributed by atoms with van der Waals surface area (Å²) in [6.07, 6.45) is 2.96. The third-order valence-corrected chi connectivity index (χ3v) is 4.82. The third kappa shape index (κ3) is 4.45. The van der Waals surface area contributed by atoms with Crippen molar-refractivity contribution in [2.45, 2.75) is 37.8 Å². The van der Waals surface area contributed by atoms with Gasteiger partial charge in [0.15, 0.2) is 0 Å². The zero-order chi connectivity index (χ0) is 17.6. The van der Waals surface area contributed by atoms with Crippen LogP contribution in [0.25, 0.3) is 0 Å². The summed E-state index contributed by atoms with van der Waals surface area (Å²) in [7, 11) is 4.88. The minimum atomic E-state index is -0.358. The fourth-order valence-corrected chi connectivity index (χ4v) is 3.37. The Morgan fingerprint density at radius 3 is 2.88 bits per heavy atom. The molecule has 0 aromatic heterocycles. The van der Waals surface area contributed by atoms with E-state index in [0.717, 1.165) is 19.4 Å². The SMILES string of the molecule is CNC(=O)CCC1(OC)CCCN(Cc2c(F)cccc2OC)C1. The Hall–Kier alpha value is -1.66. The van der Waals surface area contributed by atoms with Gasteiger partial charge in [0.1, 0.15) is 11.6 Å². The summed E-state index contributed by atoms with van der Waals surface area (Å²) in [5.41, 5.74) is 0.210. The van der Waals surface area contributed by atoms with Crippen molar-refractivity contribution in [3.05, 3.63) is 29.6 Å². The first-order valence-corrected chi connectivity index (χ1v) is 8.33. The smallest absolute Gasteiger partial charge is 0.219 e. The number of hydrogen-bond donors (Lipinski definition) is 1. The molecule has 24 heavy (non-hydrogen) atoms. The molecule has 1 N–H and O–H groups in total. The predicted octanol–water partition coefficient (Wildman–Crippen LogP) is 2.34. The number of piperidine rings is 1. The molecule has 1 atom stereocenters. The Kier molecular flexibility index (Phi) is 6.57. The number of nitrogens with zero attached hydrogens (tertiary/aromatic N) is 1. The quantitative estimate of drug-likeness (QED) is 0.829. The van der Waals surface area contributed by atoms with Gasteiger partial charge in [-0.15, -0.1) is 0 Å². The van der Waals surface area contributed by atoms with Crippen LogP contribution < -0.4 is 10.1 Å². The first-order chi connectivity index (χ1) is 11.5. The van der Waals surface area contributed by atoms with Crippen LogP contribution in [0.15, 0.2) is 18.2 Å². The largest absolute Gasteiger partial charge is 0.496 e. The Bertz CT molecular complexity index is 567. The standard InChI is InChI=1S/C18H27FN2O3/c1-20-17(22)8-10-18(24-3)9-5-11-21(13-18)12-14-15(19)6-4-7-16(14)23-2/h4,6-7H,5,8-13H2,1-3H3,(H,20,22). The van der Waals surface area contributed by atoms with Gasteiger partial charge >= 0.3 is 0 Å². The van der Waals surface area contributed by atoms with E-state index in [0.29, 0.717) is 37.2 Å². The maximum Gasteiger partial charge on any atom is 0.219 e. The minimum absolute atomic E-state index is 0.0133. The molecule has 1 unspecified atom stereocenters. The van der Waals surface area contributed by atoms with Gasteiger partial charge < -0.3 is 14.8 Å². The van der Waals surface area contributed by atoms with Crippen LogP contribution in [-0.4, -0.2) is 50.8 Å². The Morgan fingerprint density at radius 1 is 1.42 bits per heavy atom. The molecule has 1 amide bonds. The molecule has 5 nitrogen and oxygen atoms in total. The lowest BCUT2D eigenvalue weighted by molar-refractivity contribution is -0.124. The van der Waals surface area contributed by atoms with Crippen molar-refractivity contribution < 1.29 is 18.7 Å². The molecule has 0 saturated carbocycles. The number of carbonyl (C=O) groups excluding carboxylic acids is 1. The van der Waals surface area contributed by atoms with E-state index in [1.54, 1.807) is 33.4 Å². The fourth-order valence-electron chi connectivity index (χ4n) is 3.37. The van der Waals surface area contributed by atoms with Gasteiger partial charge in [0, 0.05) is 39.2 Å². The van der Waals surface area contributed by atoms with Crippen LogP contribution in [0.1, 0.15) is 31.2 Å². The van der Waals surface area contributed by atoms with E-state index < -0.39 is 0 Å². The fraction of sp³-hybridized carbons (Fsp3) is 0.611. The molecular formula is C18H27FN2O3. The summed E-state index contributed by atoms with van der Waals surface area (Å²) in [6, 6.07) is 4.88. The molecule has 1 aromatic rings. The number of ether oxygens (including phenoxy) is 2. The second-order valence-electron chi connectivity index (χ2n) is 6.30. The molecule has 6 heteroatoms. The molecule has 0 aliphatic carbocycles. The third-order valence-electron chi connectivity index (χ3n) is 4.82. The van der Waals surface area contributed by atoms with E-state index in [2.05, 4.69) is 10.2 Å². The number of hydrogen-bond acceptors (Lipinski definition) is 4. The van der Waals surface area contributed by atoms with Gasteiger partial charge in [-0.2, -0.15) is 0 Å². The monoisotopic (exact) mass is 338 g/mol. The Morgan fingerprint density at radius 2 is 2.21 bits per heavy atom. The molecule has 1 fully saturated rings. The second kappa shape index (κ2) is 8.44. The van der Waals surface area contributed by atoms with Crippen LogP contribution in [0, 0.1) is 5.82 Å². The van der Waals surface area contributed by atoms with Crippen molar-refractivity contribution >= 4 is 5.91 Å². The van der Waals surface area contributed by atoms with Crippen LogP contribution in [0.4, 0.5) is 4.39 Å². The predicted molar refractivity (Wildman–Crippen MR) is 90.5 cm³/mol. The highest BCUT2D eigenvalue weighted by atomic mass is 19.1. The van der Waals surface area contributed by atoms with Crippen LogP contribution in [0.5, 0.6) is 5.75 Å². The summed E-state index contributed by atoms with van der Waals surface area (Å²) in [5.74, 6) is 0.321. The second-order valence-corrected chi connectivity index (χ2v) is 6.30. The number of halogens is 1. The summed E-state index contributed by atoms with van der Waals surface area (Å²) in [6.45, 7) is 2.03. The molecule has 1 aromatic carbocycles. The van der Waals surface area contributed by atoms with Crippen LogP contribution in [0.3, 0.4) is 0 Å². The van der Waals surface area contributed by atoms with Crippen molar-refractivity contribution in [1.82, 2.24) is 10.2 Å². The van der Waals surface area contributed by atoms with Crippen molar-refractivity contribution in [3.8, 4) is 5.75 Å². The van der Waals surface area contributed by atoms with E-state index in [1.807, 2.05) is 0 Å². The van der Waals surface area contributed by atoms with Gasteiger partial charge in [-0.3, -0.25) is 9.69 Å². The van der Waals surface area contributed by atoms with Crippen molar-refractivity contribution in [1.29, 1.82) is 0 Å². The van der Waals surface area contributed by atoms with Crippen LogP contribution >= 0.6 is 0 Å². The minimum Gasteiger partial charge on any atom is -0.496 e. The molecule has 0 bridgehead atoms. The highest BCUT2D eigenvalue weighted by Crippen LogP contribution is 2.31. The number of benzene rings is 1. The van der Waals surface area contributed by atoms with Crippen molar-refractivity contribution in [3.63, 3.8) is 0 Å². The van der Waals surface area contributed by atoms with Gasteiger partial charge in [0.25, 0.3) is 0 Å². The maximum atomic E-state index is 14.2. The number of likely N-dealkylation sites (tertiary alicyclic amines) is 1. The Balaban J connectivity index is 2.08. The van der Waals surface area contributed by atoms with Gasteiger partial charge in [0.05, 0.1) is 12.7 Å². The lowest BCUT2D eigenvalue weighted by atomic mass is 9.87. The number of carbonyl (C=O) groups is 1. The molecule has 1 aliphatic rings. The summed E-state index contributed by atoms with van der Waals surface area (Å²) < 4.78 is 25.2. The average Bonchev–Trinajstić information content (AvgIpc) is 2.61. The van der Waals surface area contributed by atoms with Crippen molar-refractivity contribution in [2.24, 2.45) is 0 Å². The zero-order valence-corrected chi connectivity index (χ0v) is 14.7. The van der Waals surface area contributed by atoms with Gasteiger partial charge in [-0.05, 0) is 37.9 Å². The highest BCUT2D eigenvalue weighted by Gasteiger charge is 2.36. The molecule has 1 aliphatic heterocycles. The van der Waals surface area contributed by atoms with Crippen LogP contribution in [-0.2, 0) is 16.1 Å². The van der Waals surface area contributed by atoms with E-state index >= 15 is 0 Å². The summed E-state index contributed by atoms with van der Waals surface area (Å²) >= 11 is 0. The number of methoxy groups -OCH3 is 2. The first-order valence-electron chi connectivity index (χ1n) is 8.33. The maximum absolute atomic E-state index is 14.2. The number of rotatable bonds is 7. The van der Waals surface area contributed by atoms with Gasteiger partial charge in [-0.1, -0.05) is 6.07 Å². The zero-order valence-electron chi connectivity index (χ0n) is 14.7. The molecule has 1 heterocycles. The van der Waals surface area contributed by atoms with Gasteiger partial charge in [-0.25, -0.2) is 4.39 Å². The van der Waals surface area contributed by atoms with E-state index in [4.69, 9.17) is 9.47 Å². The number of amides is 1. The molecule has 0 spiro atoms. The van der Waals surface area contributed by atoms with Crippen LogP contribution in [0.2, 0.25) is 0 Å². The molecule has 1 saturated heterocycles. The molecular weight excluding hydrogens is 311 g/mol. The first kappa shape index (κ1) is 18.7. The van der Waals surface area contributed by atoms with E-state index in [-0.39, 0.29) is 17.3 Å². The molecule has 0 radical (unpaired) electrons. The lowest BCUT2D eigenvalue weighted by Gasteiger charge is -2.42. The lowest BCUT2D eigenvalue weighted by Crippen LogP contribution is -2.49. The normalized spacial score (nSPS) is 21.5. The summed E-state index contributed by atoms with van der Waals surface area (Å²) in [4.78, 5) is 13.7. The topological polar surface area (TPSA) is 50.8 Å². The molecule has 2 rings (SSSR count).